The highest BCUT2D eigenvalue weighted by Gasteiger charge is 2.60. The van der Waals surface area contributed by atoms with Crippen molar-refractivity contribution in [2.45, 2.75) is 141 Å². The minimum Gasteiger partial charge on any atom is -0.455 e. The average molecular weight is 799 g/mol. The first kappa shape index (κ1) is 44.4. The second kappa shape index (κ2) is 18.3. The lowest BCUT2D eigenvalue weighted by Gasteiger charge is -2.46. The zero-order valence-corrected chi connectivity index (χ0v) is 35.2. The third-order valence-electron chi connectivity index (χ3n) is 11.6. The maximum atomic E-state index is 14.6. The van der Waals surface area contributed by atoms with Crippen LogP contribution in [0.25, 0.3) is 0 Å². The number of fused-ring (bicyclic) bond motifs is 1. The smallest absolute Gasteiger partial charge is 0.425 e. The van der Waals surface area contributed by atoms with Gasteiger partial charge in [0.25, 0.3) is 0 Å². The summed E-state index contributed by atoms with van der Waals surface area (Å²) in [6, 6.07) is 4.30. The van der Waals surface area contributed by atoms with Crippen LogP contribution in [0.2, 0.25) is 10.0 Å². The van der Waals surface area contributed by atoms with Crippen molar-refractivity contribution < 1.29 is 43.2 Å². The number of hydrazine groups is 1. The van der Waals surface area contributed by atoms with Gasteiger partial charge in [0.2, 0.25) is 0 Å². The summed E-state index contributed by atoms with van der Waals surface area (Å²) in [5, 5.41) is 13.9. The van der Waals surface area contributed by atoms with Gasteiger partial charge in [-0.2, -0.15) is 0 Å². The van der Waals surface area contributed by atoms with Crippen LogP contribution in [0.5, 0.6) is 0 Å². The highest BCUT2D eigenvalue weighted by Crippen LogP contribution is 2.42. The van der Waals surface area contributed by atoms with Crippen LogP contribution < -0.4 is 5.43 Å². The van der Waals surface area contributed by atoms with E-state index >= 15 is 0 Å². The number of nitrogens with one attached hydrogen (secondary N) is 1. The molecule has 4 rings (SSSR count). The third kappa shape index (κ3) is 9.62. The number of likely N-dealkylation sites (N-methyl/N-ethyl adjacent to an activating group) is 1. The van der Waals surface area contributed by atoms with Gasteiger partial charge < -0.3 is 33.7 Å². The molecule has 1 amide bonds. The molecule has 0 spiro atoms. The average Bonchev–Trinajstić information content (AvgIpc) is 3.37. The van der Waals surface area contributed by atoms with Crippen LogP contribution in [0.4, 0.5) is 4.79 Å². The number of hydrogen-bond donors (Lipinski definition) is 2. The van der Waals surface area contributed by atoms with Gasteiger partial charge in [0, 0.05) is 53.1 Å². The molecule has 0 aromatic heterocycles. The molecule has 2 saturated heterocycles. The summed E-state index contributed by atoms with van der Waals surface area (Å²) in [7, 11) is 5.38. The molecule has 0 aliphatic carbocycles. The molecule has 2 N–H and O–H groups in total. The van der Waals surface area contributed by atoms with Crippen molar-refractivity contribution in [3.63, 3.8) is 0 Å². The van der Waals surface area contributed by atoms with E-state index in [2.05, 4.69) is 5.43 Å². The number of carbonyl (C=O) groups excluding carboxylic acids is 3. The number of Topliss-reactive ketones (excluding diaryl/α,β-unsaturated/α-hetero) is 1. The number of halogens is 2. The summed E-state index contributed by atoms with van der Waals surface area (Å²) >= 11 is 12.5. The minimum atomic E-state index is -1.37. The Morgan fingerprint density at radius 2 is 1.80 bits per heavy atom. The molecule has 12 nitrogen and oxygen atoms in total. The summed E-state index contributed by atoms with van der Waals surface area (Å²) in [4.78, 5) is 44.1. The van der Waals surface area contributed by atoms with Crippen LogP contribution in [0.15, 0.2) is 29.8 Å². The topological polar surface area (TPSA) is 136 Å². The highest BCUT2D eigenvalue weighted by atomic mass is 35.5. The van der Waals surface area contributed by atoms with Crippen molar-refractivity contribution in [3.05, 3.63) is 45.5 Å². The van der Waals surface area contributed by atoms with Crippen molar-refractivity contribution in [2.24, 2.45) is 17.8 Å². The minimum absolute atomic E-state index is 0.126. The number of ketones is 1. The number of nitrogens with zero attached hydrogens (tertiary/aromatic N) is 2. The molecule has 3 heterocycles. The first-order valence-electron chi connectivity index (χ1n) is 19.1. The molecule has 3 aliphatic heterocycles. The summed E-state index contributed by atoms with van der Waals surface area (Å²) < 4.78 is 31.3. The molecule has 2 fully saturated rings. The Labute approximate surface area is 331 Å². The number of methoxy groups -OCH3 is 1. The van der Waals surface area contributed by atoms with Crippen molar-refractivity contribution in [1.29, 1.82) is 0 Å². The van der Waals surface area contributed by atoms with Crippen LogP contribution in [0, 0.1) is 17.8 Å². The lowest BCUT2D eigenvalue weighted by Crippen LogP contribution is -2.60. The fourth-order valence-corrected chi connectivity index (χ4v) is 9.14. The number of rotatable bonds is 10. The lowest BCUT2D eigenvalue weighted by atomic mass is 9.74. The van der Waals surface area contributed by atoms with Crippen molar-refractivity contribution in [2.75, 3.05) is 27.7 Å². The number of aryl methyl sites for hydroxylation is 1. The molecule has 0 unspecified atom stereocenters. The number of hydrogen-bond acceptors (Lipinski definition) is 11. The van der Waals surface area contributed by atoms with Gasteiger partial charge in [-0.25, -0.2) is 20.0 Å². The zero-order chi connectivity index (χ0) is 40.3. The Balaban J connectivity index is 1.69. The van der Waals surface area contributed by atoms with Crippen molar-refractivity contribution in [3.8, 4) is 0 Å². The molecule has 0 bridgehead atoms. The molecule has 14 heteroatoms. The molecular weight excluding hydrogens is 737 g/mol. The van der Waals surface area contributed by atoms with E-state index in [1.54, 1.807) is 46.1 Å². The highest BCUT2D eigenvalue weighted by molar-refractivity contribution is 6.35. The standard InChI is InChI=1S/C40H61Cl2N3O9/c1-12-31-40(8)34(45(38(49)54-40)43-17-13-14-27-15-16-28(41)20-29(27)42)26(6)32(46)24(4)21-39(7,50-11)35(22(2)18-23(3)36(48)52-31)53-37-33(47)30(44(9)10)19-25(5)51-37/h15-16,18,20,22,24-26,30-31,33-35,37,43,47H,12-14,17,19,21H2,1-11H3/b23-18+/t22-,24+,25+,26-,30-,31+,33+,34+,35+,37-,39-,40+/m0/s1. The maximum Gasteiger partial charge on any atom is 0.425 e. The normalized spacial score (nSPS) is 38.0. The van der Waals surface area contributed by atoms with E-state index in [0.29, 0.717) is 47.8 Å². The summed E-state index contributed by atoms with van der Waals surface area (Å²) in [6.45, 7) is 15.0. The Bertz CT molecular complexity index is 1530. The largest absolute Gasteiger partial charge is 0.455 e. The van der Waals surface area contributed by atoms with E-state index in [-0.39, 0.29) is 24.3 Å². The second-order valence-corrected chi connectivity index (χ2v) is 16.9. The van der Waals surface area contributed by atoms with Crippen LogP contribution in [0.1, 0.15) is 86.6 Å². The Morgan fingerprint density at radius 3 is 2.41 bits per heavy atom. The van der Waals surface area contributed by atoms with Gasteiger partial charge in [0.15, 0.2) is 11.9 Å². The van der Waals surface area contributed by atoms with Crippen molar-refractivity contribution in [1.82, 2.24) is 15.3 Å². The van der Waals surface area contributed by atoms with Gasteiger partial charge in [-0.15, -0.1) is 0 Å². The fourth-order valence-electron chi connectivity index (χ4n) is 8.64. The monoisotopic (exact) mass is 797 g/mol. The molecule has 0 saturated carbocycles. The SMILES string of the molecule is CC[C@H]1OC(=O)/C(C)=C/[C@H](C)[C@@H](O[C@@H]2O[C@H](C)C[C@H](N(C)C)[C@H]2O)[C@@](C)(OC)C[C@@H](C)C(=O)[C@H](C)[C@H]2N(NCCCc3ccc(Cl)cc3Cl)C(=O)O[C@]12C. The summed E-state index contributed by atoms with van der Waals surface area (Å²) in [5.74, 6) is -2.50. The number of carbonyl (C=O) groups is 3. The predicted molar refractivity (Wildman–Crippen MR) is 207 cm³/mol. The van der Waals surface area contributed by atoms with Crippen LogP contribution in [-0.2, 0) is 39.7 Å². The van der Waals surface area contributed by atoms with Crippen LogP contribution >= 0.6 is 23.2 Å². The molecule has 3 aliphatic rings. The predicted octanol–water partition coefficient (Wildman–Crippen LogP) is 6.38. The van der Waals surface area contributed by atoms with Gasteiger partial charge >= 0.3 is 12.1 Å². The molecule has 1 aromatic carbocycles. The Hall–Kier alpha value is -2.29. The Morgan fingerprint density at radius 1 is 1.11 bits per heavy atom. The molecule has 304 valence electrons. The summed E-state index contributed by atoms with van der Waals surface area (Å²) in [5.41, 5.74) is 2.01. The van der Waals surface area contributed by atoms with Gasteiger partial charge in [-0.3, -0.25) is 4.79 Å². The van der Waals surface area contributed by atoms with E-state index in [0.717, 1.165) is 5.56 Å². The number of benzene rings is 1. The number of aliphatic hydroxyl groups is 1. The summed E-state index contributed by atoms with van der Waals surface area (Å²) in [6.07, 6.45) is -0.263. The molecule has 54 heavy (non-hydrogen) atoms. The van der Waals surface area contributed by atoms with Gasteiger partial charge in [0.05, 0.1) is 17.8 Å². The lowest BCUT2D eigenvalue weighted by molar-refractivity contribution is -0.294. The molecule has 0 radical (unpaired) electrons. The van der Waals surface area contributed by atoms with Crippen molar-refractivity contribution >= 4 is 41.0 Å². The molecule has 1 aromatic rings. The van der Waals surface area contributed by atoms with E-state index < -0.39 is 71.7 Å². The quantitative estimate of drug-likeness (QED) is 0.202. The fraction of sp³-hybridized carbons (Fsp3) is 0.725. The maximum absolute atomic E-state index is 14.6. The molecular formula is C40H61Cl2N3O9. The number of cyclic esters (lactones) is 1. The van der Waals surface area contributed by atoms with Gasteiger partial charge in [-0.05, 0) is 91.6 Å². The number of ether oxygens (including phenoxy) is 5. The van der Waals surface area contributed by atoms with E-state index in [4.69, 9.17) is 46.9 Å². The molecule has 12 atom stereocenters. The number of amides is 1. The first-order valence-corrected chi connectivity index (χ1v) is 19.9. The zero-order valence-electron chi connectivity index (χ0n) is 33.7. The first-order chi connectivity index (χ1) is 25.3. The third-order valence-corrected chi connectivity index (χ3v) is 12.2. The number of esters is 1. The second-order valence-electron chi connectivity index (χ2n) is 16.1. The van der Waals surface area contributed by atoms with E-state index in [1.165, 1.54) is 5.01 Å². The van der Waals surface area contributed by atoms with E-state index in [1.807, 2.05) is 59.7 Å². The van der Waals surface area contributed by atoms with Gasteiger partial charge in [0.1, 0.15) is 24.0 Å². The van der Waals surface area contributed by atoms with Crippen LogP contribution in [-0.4, -0.2) is 115 Å². The van der Waals surface area contributed by atoms with Crippen LogP contribution in [0.3, 0.4) is 0 Å². The van der Waals surface area contributed by atoms with E-state index in [9.17, 15) is 19.5 Å². The Kier molecular flexibility index (Phi) is 15.1. The number of aliphatic hydroxyl groups excluding tert-OH is 1. The van der Waals surface area contributed by atoms with Gasteiger partial charge in [-0.1, -0.05) is 63.0 Å².